The molecule has 3 heterocycles. The number of aryl methyl sites for hydroxylation is 2. The summed E-state index contributed by atoms with van der Waals surface area (Å²) in [5, 5.41) is 13.4. The Labute approximate surface area is 126 Å². The van der Waals surface area contributed by atoms with Gasteiger partial charge in [-0.1, -0.05) is 0 Å². The molecule has 0 unspecified atom stereocenters. The third-order valence-electron chi connectivity index (χ3n) is 3.58. The maximum atomic E-state index is 10.8. The van der Waals surface area contributed by atoms with Crippen molar-refractivity contribution in [3.63, 3.8) is 0 Å². The third-order valence-corrected chi connectivity index (χ3v) is 3.58. The fourth-order valence-corrected chi connectivity index (χ4v) is 2.48. The zero-order chi connectivity index (χ0) is 15.7. The first-order chi connectivity index (χ1) is 10.6. The van der Waals surface area contributed by atoms with E-state index in [0.717, 1.165) is 22.6 Å². The lowest BCUT2D eigenvalue weighted by Crippen LogP contribution is -2.07. The van der Waals surface area contributed by atoms with Crippen LogP contribution in [-0.2, 0) is 11.2 Å². The van der Waals surface area contributed by atoms with Crippen LogP contribution in [0.5, 0.6) is 0 Å². The summed E-state index contributed by atoms with van der Waals surface area (Å²) in [6, 6.07) is 1.85. The summed E-state index contributed by atoms with van der Waals surface area (Å²) >= 11 is 0. The van der Waals surface area contributed by atoms with Crippen LogP contribution in [-0.4, -0.2) is 35.6 Å². The van der Waals surface area contributed by atoms with E-state index in [9.17, 15) is 4.79 Å². The van der Waals surface area contributed by atoms with E-state index in [1.807, 2.05) is 19.9 Å². The molecule has 0 aliphatic carbocycles. The normalized spacial score (nSPS) is 11.0. The number of nitrogens with zero attached hydrogens (tertiary/aromatic N) is 5. The molecule has 3 rings (SSSR count). The van der Waals surface area contributed by atoms with Gasteiger partial charge in [-0.15, -0.1) is 0 Å². The fourth-order valence-electron chi connectivity index (χ4n) is 2.48. The second kappa shape index (κ2) is 5.51. The van der Waals surface area contributed by atoms with Gasteiger partial charge in [0.05, 0.1) is 6.20 Å². The Morgan fingerprint density at radius 3 is 2.77 bits per heavy atom. The van der Waals surface area contributed by atoms with Crippen molar-refractivity contribution in [2.75, 3.05) is 0 Å². The van der Waals surface area contributed by atoms with Crippen molar-refractivity contribution in [1.29, 1.82) is 0 Å². The number of rotatable bonds is 4. The molecule has 0 saturated carbocycles. The van der Waals surface area contributed by atoms with Crippen molar-refractivity contribution >= 4 is 11.6 Å². The third kappa shape index (κ3) is 2.52. The molecule has 3 aromatic heterocycles. The molecule has 0 atom stereocenters. The molecular weight excluding hydrogens is 282 g/mol. The summed E-state index contributed by atoms with van der Waals surface area (Å²) in [5.41, 5.74) is 4.74. The average molecular weight is 297 g/mol. The molecule has 1 N–H and O–H groups in total. The highest BCUT2D eigenvalue weighted by atomic mass is 16.4. The van der Waals surface area contributed by atoms with E-state index in [1.54, 1.807) is 23.1 Å². The van der Waals surface area contributed by atoms with Gasteiger partial charge >= 0.3 is 5.97 Å². The first-order valence-corrected chi connectivity index (χ1v) is 6.90. The van der Waals surface area contributed by atoms with Crippen molar-refractivity contribution in [2.45, 2.75) is 26.7 Å². The van der Waals surface area contributed by atoms with E-state index in [4.69, 9.17) is 5.11 Å². The molecule has 0 aromatic carbocycles. The lowest BCUT2D eigenvalue weighted by molar-refractivity contribution is -0.136. The van der Waals surface area contributed by atoms with Gasteiger partial charge in [-0.3, -0.25) is 14.8 Å². The van der Waals surface area contributed by atoms with Crippen LogP contribution in [0, 0.1) is 13.8 Å². The zero-order valence-corrected chi connectivity index (χ0v) is 12.3. The quantitative estimate of drug-likeness (QED) is 0.789. The first kappa shape index (κ1) is 14.1. The molecule has 0 radical (unpaired) electrons. The number of aliphatic carboxylic acids is 1. The number of carboxylic acid groups (broad SMARTS) is 1. The second-order valence-corrected chi connectivity index (χ2v) is 5.05. The predicted octanol–water partition coefficient (Wildman–Crippen LogP) is 1.82. The van der Waals surface area contributed by atoms with Crippen molar-refractivity contribution in [3.05, 3.63) is 41.6 Å². The maximum Gasteiger partial charge on any atom is 0.303 e. The Bertz CT molecular complexity index is 842. The van der Waals surface area contributed by atoms with E-state index in [-0.39, 0.29) is 6.42 Å². The van der Waals surface area contributed by atoms with Crippen LogP contribution in [0.25, 0.3) is 17.0 Å². The monoisotopic (exact) mass is 297 g/mol. The zero-order valence-electron chi connectivity index (χ0n) is 12.3. The Kier molecular flexibility index (Phi) is 3.54. The van der Waals surface area contributed by atoms with E-state index >= 15 is 0 Å². The minimum absolute atomic E-state index is 0.0765. The van der Waals surface area contributed by atoms with Crippen LogP contribution in [0.4, 0.5) is 0 Å². The first-order valence-electron chi connectivity index (χ1n) is 6.90. The summed E-state index contributed by atoms with van der Waals surface area (Å²) < 4.78 is 1.73. The standard InChI is InChI=1S/C15H15N5O2/c1-9-11(3-4-15(21)22)10(2)20-14(18-9)7-12(19-20)13-8-16-5-6-17-13/h5-8H,3-4H2,1-2H3,(H,21,22). The van der Waals surface area contributed by atoms with Crippen molar-refractivity contribution < 1.29 is 9.90 Å². The Morgan fingerprint density at radius 2 is 2.09 bits per heavy atom. The minimum Gasteiger partial charge on any atom is -0.481 e. The van der Waals surface area contributed by atoms with E-state index in [0.29, 0.717) is 17.8 Å². The van der Waals surface area contributed by atoms with Gasteiger partial charge in [0.2, 0.25) is 0 Å². The molecule has 22 heavy (non-hydrogen) atoms. The number of carboxylic acids is 1. The Morgan fingerprint density at radius 1 is 1.27 bits per heavy atom. The lowest BCUT2D eigenvalue weighted by Gasteiger charge is -2.09. The lowest BCUT2D eigenvalue weighted by atomic mass is 10.1. The number of aromatic nitrogens is 5. The fraction of sp³-hybridized carbons (Fsp3) is 0.267. The number of carbonyl (C=O) groups is 1. The van der Waals surface area contributed by atoms with Crippen LogP contribution in [0.3, 0.4) is 0 Å². The SMILES string of the molecule is Cc1nc2cc(-c3cnccn3)nn2c(C)c1CCC(=O)O. The van der Waals surface area contributed by atoms with E-state index in [1.165, 1.54) is 0 Å². The minimum atomic E-state index is -0.820. The van der Waals surface area contributed by atoms with Gasteiger partial charge in [0.15, 0.2) is 5.65 Å². The van der Waals surface area contributed by atoms with Gasteiger partial charge in [0.25, 0.3) is 0 Å². The molecule has 0 saturated heterocycles. The predicted molar refractivity (Wildman–Crippen MR) is 79.4 cm³/mol. The second-order valence-electron chi connectivity index (χ2n) is 5.05. The molecule has 0 spiro atoms. The molecule has 0 bridgehead atoms. The van der Waals surface area contributed by atoms with Crippen LogP contribution in [0.1, 0.15) is 23.4 Å². The van der Waals surface area contributed by atoms with E-state index < -0.39 is 5.97 Å². The Balaban J connectivity index is 2.09. The number of fused-ring (bicyclic) bond motifs is 1. The highest BCUT2D eigenvalue weighted by molar-refractivity contribution is 5.67. The molecule has 3 aromatic rings. The Hall–Kier alpha value is -2.83. The van der Waals surface area contributed by atoms with Crippen LogP contribution in [0.15, 0.2) is 24.7 Å². The number of hydrogen-bond acceptors (Lipinski definition) is 5. The van der Waals surface area contributed by atoms with Crippen LogP contribution < -0.4 is 0 Å². The van der Waals surface area contributed by atoms with Crippen molar-refractivity contribution in [1.82, 2.24) is 24.6 Å². The average Bonchev–Trinajstić information content (AvgIpc) is 2.92. The van der Waals surface area contributed by atoms with Gasteiger partial charge in [-0.2, -0.15) is 5.10 Å². The topological polar surface area (TPSA) is 93.3 Å². The summed E-state index contributed by atoms with van der Waals surface area (Å²) in [6.07, 6.45) is 5.39. The molecular formula is C15H15N5O2. The van der Waals surface area contributed by atoms with Gasteiger partial charge in [-0.05, 0) is 25.8 Å². The molecule has 0 fully saturated rings. The summed E-state index contributed by atoms with van der Waals surface area (Å²) in [4.78, 5) is 23.6. The molecule has 0 aliphatic heterocycles. The summed E-state index contributed by atoms with van der Waals surface area (Å²) in [7, 11) is 0. The molecule has 7 heteroatoms. The van der Waals surface area contributed by atoms with Gasteiger partial charge in [0.1, 0.15) is 11.4 Å². The van der Waals surface area contributed by atoms with Gasteiger partial charge in [-0.25, -0.2) is 9.50 Å². The largest absolute Gasteiger partial charge is 0.481 e. The van der Waals surface area contributed by atoms with Crippen LogP contribution >= 0.6 is 0 Å². The summed E-state index contributed by atoms with van der Waals surface area (Å²) in [6.45, 7) is 3.81. The molecule has 0 amide bonds. The van der Waals surface area contributed by atoms with E-state index in [2.05, 4.69) is 20.1 Å². The van der Waals surface area contributed by atoms with Gasteiger partial charge in [0, 0.05) is 36.3 Å². The van der Waals surface area contributed by atoms with Gasteiger partial charge < -0.3 is 5.11 Å². The van der Waals surface area contributed by atoms with Crippen molar-refractivity contribution in [3.8, 4) is 11.4 Å². The molecule has 112 valence electrons. The number of hydrogen-bond donors (Lipinski definition) is 1. The maximum absolute atomic E-state index is 10.8. The van der Waals surface area contributed by atoms with Crippen molar-refractivity contribution in [2.24, 2.45) is 0 Å². The highest BCUT2D eigenvalue weighted by Crippen LogP contribution is 2.20. The highest BCUT2D eigenvalue weighted by Gasteiger charge is 2.14. The summed E-state index contributed by atoms with van der Waals surface area (Å²) in [5.74, 6) is -0.820. The molecule has 0 aliphatic rings. The van der Waals surface area contributed by atoms with Crippen LogP contribution in [0.2, 0.25) is 0 Å². The molecule has 7 nitrogen and oxygen atoms in total. The smallest absolute Gasteiger partial charge is 0.303 e.